The van der Waals surface area contributed by atoms with Crippen molar-refractivity contribution in [2.75, 3.05) is 5.32 Å². The summed E-state index contributed by atoms with van der Waals surface area (Å²) in [6.45, 7) is 0. The van der Waals surface area contributed by atoms with Gasteiger partial charge in [0.1, 0.15) is 5.82 Å². The Morgan fingerprint density at radius 2 is 2.35 bits per heavy atom. The predicted octanol–water partition coefficient (Wildman–Crippen LogP) is 1.74. The molecule has 0 aliphatic heterocycles. The standard InChI is InChI=1S/C12H12FN3O/c1-16-8-11(7-14-16)15-12(17)6-9-3-2-4-10(13)5-9/h2-5,7-8H,6H2,1H3,(H,15,17). The van der Waals surface area contributed by atoms with Gasteiger partial charge in [-0.1, -0.05) is 12.1 Å². The number of carbonyl (C=O) groups is 1. The molecule has 5 heteroatoms. The van der Waals surface area contributed by atoms with Crippen molar-refractivity contribution in [2.45, 2.75) is 6.42 Å². The van der Waals surface area contributed by atoms with Gasteiger partial charge in [0, 0.05) is 13.2 Å². The van der Waals surface area contributed by atoms with E-state index in [2.05, 4.69) is 10.4 Å². The van der Waals surface area contributed by atoms with Gasteiger partial charge in [0.2, 0.25) is 5.91 Å². The molecule has 0 radical (unpaired) electrons. The minimum atomic E-state index is -0.336. The number of hydrogen-bond acceptors (Lipinski definition) is 2. The van der Waals surface area contributed by atoms with Crippen LogP contribution in [-0.4, -0.2) is 15.7 Å². The van der Waals surface area contributed by atoms with Crippen molar-refractivity contribution in [3.05, 3.63) is 48.0 Å². The van der Waals surface area contributed by atoms with Crippen LogP contribution in [0.4, 0.5) is 10.1 Å². The molecule has 1 amide bonds. The summed E-state index contributed by atoms with van der Waals surface area (Å²) in [4.78, 5) is 11.6. The Kier molecular flexibility index (Phi) is 3.18. The van der Waals surface area contributed by atoms with Crippen molar-refractivity contribution in [1.29, 1.82) is 0 Å². The van der Waals surface area contributed by atoms with Gasteiger partial charge >= 0.3 is 0 Å². The van der Waals surface area contributed by atoms with Gasteiger partial charge in [-0.3, -0.25) is 9.48 Å². The smallest absolute Gasteiger partial charge is 0.228 e. The zero-order valence-electron chi connectivity index (χ0n) is 9.35. The molecule has 17 heavy (non-hydrogen) atoms. The number of aromatic nitrogens is 2. The summed E-state index contributed by atoms with van der Waals surface area (Å²) < 4.78 is 14.5. The number of nitrogens with zero attached hydrogens (tertiary/aromatic N) is 2. The van der Waals surface area contributed by atoms with Crippen LogP contribution in [0.5, 0.6) is 0 Å². The third-order valence-electron chi connectivity index (χ3n) is 2.24. The predicted molar refractivity (Wildman–Crippen MR) is 61.9 cm³/mol. The molecule has 0 spiro atoms. The lowest BCUT2D eigenvalue weighted by atomic mass is 10.1. The highest BCUT2D eigenvalue weighted by molar-refractivity contribution is 5.91. The second-order valence-corrected chi connectivity index (χ2v) is 3.76. The SMILES string of the molecule is Cn1cc(NC(=O)Cc2cccc(F)c2)cn1. The van der Waals surface area contributed by atoms with E-state index >= 15 is 0 Å². The Labute approximate surface area is 98.1 Å². The highest BCUT2D eigenvalue weighted by atomic mass is 19.1. The minimum absolute atomic E-state index is 0.145. The summed E-state index contributed by atoms with van der Waals surface area (Å²) in [5.41, 5.74) is 1.28. The molecule has 88 valence electrons. The quantitative estimate of drug-likeness (QED) is 0.877. The topological polar surface area (TPSA) is 46.9 Å². The van der Waals surface area contributed by atoms with Gasteiger partial charge in [-0.15, -0.1) is 0 Å². The number of nitrogens with one attached hydrogen (secondary N) is 1. The van der Waals surface area contributed by atoms with Crippen LogP contribution in [0.25, 0.3) is 0 Å². The number of aryl methyl sites for hydroxylation is 1. The molecule has 1 aromatic carbocycles. The van der Waals surface area contributed by atoms with Crippen LogP contribution in [0.3, 0.4) is 0 Å². The number of anilines is 1. The van der Waals surface area contributed by atoms with E-state index in [0.717, 1.165) is 0 Å². The van der Waals surface area contributed by atoms with Gasteiger partial charge in [0.05, 0.1) is 18.3 Å². The zero-order valence-corrected chi connectivity index (χ0v) is 9.35. The van der Waals surface area contributed by atoms with Gasteiger partial charge in [-0.2, -0.15) is 5.10 Å². The lowest BCUT2D eigenvalue weighted by Gasteiger charge is -2.02. The Morgan fingerprint density at radius 1 is 1.53 bits per heavy atom. The summed E-state index contributed by atoms with van der Waals surface area (Å²) in [6, 6.07) is 6.00. The Hall–Kier alpha value is -2.17. The minimum Gasteiger partial charge on any atom is -0.323 e. The largest absolute Gasteiger partial charge is 0.323 e. The van der Waals surface area contributed by atoms with Gasteiger partial charge in [-0.25, -0.2) is 4.39 Å². The van der Waals surface area contributed by atoms with Crippen LogP contribution in [0, 0.1) is 5.82 Å². The first-order valence-electron chi connectivity index (χ1n) is 5.16. The van der Waals surface area contributed by atoms with E-state index in [0.29, 0.717) is 11.3 Å². The van der Waals surface area contributed by atoms with Crippen molar-refractivity contribution < 1.29 is 9.18 Å². The molecule has 2 aromatic rings. The van der Waals surface area contributed by atoms with Gasteiger partial charge in [0.15, 0.2) is 0 Å². The van der Waals surface area contributed by atoms with Crippen LogP contribution in [0.15, 0.2) is 36.7 Å². The van der Waals surface area contributed by atoms with Crippen molar-refractivity contribution in [1.82, 2.24) is 9.78 Å². The van der Waals surface area contributed by atoms with Crippen LogP contribution in [0.2, 0.25) is 0 Å². The second-order valence-electron chi connectivity index (χ2n) is 3.76. The third-order valence-corrected chi connectivity index (χ3v) is 2.24. The Balaban J connectivity index is 1.98. The van der Waals surface area contributed by atoms with E-state index in [1.54, 1.807) is 36.3 Å². The third kappa shape index (κ3) is 3.14. The van der Waals surface area contributed by atoms with E-state index in [9.17, 15) is 9.18 Å². The fourth-order valence-corrected chi connectivity index (χ4v) is 1.52. The van der Waals surface area contributed by atoms with Crippen molar-refractivity contribution >= 4 is 11.6 Å². The van der Waals surface area contributed by atoms with E-state index in [1.165, 1.54) is 12.1 Å². The zero-order chi connectivity index (χ0) is 12.3. The summed E-state index contributed by atoms with van der Waals surface area (Å²) in [5.74, 6) is -0.528. The number of halogens is 1. The van der Waals surface area contributed by atoms with Crippen molar-refractivity contribution in [3.8, 4) is 0 Å². The maximum absolute atomic E-state index is 12.9. The molecule has 1 N–H and O–H groups in total. The Morgan fingerprint density at radius 3 is 3.00 bits per heavy atom. The average Bonchev–Trinajstić information content (AvgIpc) is 2.63. The van der Waals surface area contributed by atoms with Crippen molar-refractivity contribution in [2.24, 2.45) is 7.05 Å². The van der Waals surface area contributed by atoms with Crippen LogP contribution in [-0.2, 0) is 18.3 Å². The summed E-state index contributed by atoms with van der Waals surface area (Å²) in [5, 5.41) is 6.62. The molecule has 0 bridgehead atoms. The highest BCUT2D eigenvalue weighted by Crippen LogP contribution is 2.07. The molecule has 4 nitrogen and oxygen atoms in total. The molecule has 0 aliphatic rings. The molecule has 1 aromatic heterocycles. The monoisotopic (exact) mass is 233 g/mol. The number of hydrogen-bond donors (Lipinski definition) is 1. The first kappa shape index (κ1) is 11.3. The molecule has 0 unspecified atom stereocenters. The molecule has 2 rings (SSSR count). The molecule has 1 heterocycles. The van der Waals surface area contributed by atoms with E-state index < -0.39 is 0 Å². The van der Waals surface area contributed by atoms with Gasteiger partial charge < -0.3 is 5.32 Å². The van der Waals surface area contributed by atoms with Crippen LogP contribution >= 0.6 is 0 Å². The Bertz CT molecular complexity index is 536. The fourth-order valence-electron chi connectivity index (χ4n) is 1.52. The number of amides is 1. The summed E-state index contributed by atoms with van der Waals surface area (Å²) >= 11 is 0. The van der Waals surface area contributed by atoms with Crippen LogP contribution in [0.1, 0.15) is 5.56 Å². The molecule has 0 saturated carbocycles. The first-order chi connectivity index (χ1) is 8.13. The van der Waals surface area contributed by atoms with Crippen molar-refractivity contribution in [3.63, 3.8) is 0 Å². The molecular formula is C12H12FN3O. The van der Waals surface area contributed by atoms with E-state index in [1.807, 2.05) is 0 Å². The fraction of sp³-hybridized carbons (Fsp3) is 0.167. The number of rotatable bonds is 3. The lowest BCUT2D eigenvalue weighted by Crippen LogP contribution is -2.14. The lowest BCUT2D eigenvalue weighted by molar-refractivity contribution is -0.115. The van der Waals surface area contributed by atoms with Crippen LogP contribution < -0.4 is 5.32 Å². The molecule has 0 saturated heterocycles. The normalized spacial score (nSPS) is 10.2. The summed E-state index contributed by atoms with van der Waals surface area (Å²) in [6.07, 6.45) is 3.40. The average molecular weight is 233 g/mol. The molecular weight excluding hydrogens is 221 g/mol. The molecule has 0 fully saturated rings. The first-order valence-corrected chi connectivity index (χ1v) is 5.16. The van der Waals surface area contributed by atoms with Gasteiger partial charge in [-0.05, 0) is 17.7 Å². The summed E-state index contributed by atoms with van der Waals surface area (Å²) in [7, 11) is 1.77. The number of benzene rings is 1. The molecule has 0 atom stereocenters. The number of carbonyl (C=O) groups excluding carboxylic acids is 1. The second kappa shape index (κ2) is 4.78. The van der Waals surface area contributed by atoms with E-state index in [4.69, 9.17) is 0 Å². The van der Waals surface area contributed by atoms with Gasteiger partial charge in [0.25, 0.3) is 0 Å². The maximum atomic E-state index is 12.9. The molecule has 0 aliphatic carbocycles. The van der Waals surface area contributed by atoms with E-state index in [-0.39, 0.29) is 18.1 Å². The maximum Gasteiger partial charge on any atom is 0.228 e. The highest BCUT2D eigenvalue weighted by Gasteiger charge is 2.05.